The Kier molecular flexibility index (Phi) is 4.28. The Morgan fingerprint density at radius 3 is 2.58 bits per heavy atom. The number of amides is 2. The van der Waals surface area contributed by atoms with Crippen molar-refractivity contribution in [2.45, 2.75) is 6.18 Å². The van der Waals surface area contributed by atoms with E-state index in [0.717, 1.165) is 34.5 Å². The SMILES string of the molecule is O=C1NN(c2cccc(C(F)(F)F)c2)C(=O)C1=Cc1cc(C(=O)O)cs1. The topological polar surface area (TPSA) is 86.7 Å². The van der Waals surface area contributed by atoms with Crippen molar-refractivity contribution in [2.24, 2.45) is 0 Å². The number of rotatable bonds is 3. The average molecular weight is 382 g/mol. The molecule has 26 heavy (non-hydrogen) atoms. The van der Waals surface area contributed by atoms with Crippen LogP contribution in [0.25, 0.3) is 6.08 Å². The monoisotopic (exact) mass is 382 g/mol. The van der Waals surface area contributed by atoms with Crippen LogP contribution in [0, 0.1) is 0 Å². The van der Waals surface area contributed by atoms with Crippen molar-refractivity contribution in [3.8, 4) is 0 Å². The van der Waals surface area contributed by atoms with Crippen LogP contribution in [0.5, 0.6) is 0 Å². The van der Waals surface area contributed by atoms with Crippen LogP contribution in [0.2, 0.25) is 0 Å². The first kappa shape index (κ1) is 17.7. The first-order valence-electron chi connectivity index (χ1n) is 7.03. The maximum atomic E-state index is 12.8. The molecule has 0 unspecified atom stereocenters. The van der Waals surface area contributed by atoms with E-state index in [-0.39, 0.29) is 16.8 Å². The zero-order valence-electron chi connectivity index (χ0n) is 12.7. The Hall–Kier alpha value is -3.14. The molecule has 2 aromatic rings. The zero-order valence-corrected chi connectivity index (χ0v) is 13.5. The predicted molar refractivity (Wildman–Crippen MR) is 86.3 cm³/mol. The Labute approximate surface area is 148 Å². The summed E-state index contributed by atoms with van der Waals surface area (Å²) in [5.41, 5.74) is 0.795. The molecule has 134 valence electrons. The Morgan fingerprint density at radius 2 is 1.96 bits per heavy atom. The van der Waals surface area contributed by atoms with E-state index in [0.29, 0.717) is 4.88 Å². The Morgan fingerprint density at radius 1 is 1.23 bits per heavy atom. The first-order valence-corrected chi connectivity index (χ1v) is 7.91. The minimum atomic E-state index is -4.59. The third kappa shape index (κ3) is 3.31. The van der Waals surface area contributed by atoms with E-state index in [1.165, 1.54) is 23.6 Å². The van der Waals surface area contributed by atoms with Gasteiger partial charge in [-0.25, -0.2) is 9.80 Å². The fourth-order valence-electron chi connectivity index (χ4n) is 2.24. The predicted octanol–water partition coefficient (Wildman–Crippen LogP) is 2.93. The van der Waals surface area contributed by atoms with Crippen LogP contribution in [-0.4, -0.2) is 22.9 Å². The van der Waals surface area contributed by atoms with E-state index in [2.05, 4.69) is 5.43 Å². The van der Waals surface area contributed by atoms with Gasteiger partial charge in [-0.05, 0) is 30.3 Å². The standard InChI is InChI=1S/C16H9F3N2O4S/c17-16(18,19)9-2-1-3-10(5-9)21-14(23)12(13(22)20-21)6-11-4-8(7-26-11)15(24)25/h1-7H,(H,20,22)(H,24,25). The number of hydrogen-bond donors (Lipinski definition) is 2. The van der Waals surface area contributed by atoms with Gasteiger partial charge in [0.25, 0.3) is 11.8 Å². The number of carboxylic acids is 1. The third-order valence-corrected chi connectivity index (χ3v) is 4.36. The molecule has 1 aliphatic rings. The summed E-state index contributed by atoms with van der Waals surface area (Å²) in [6.45, 7) is 0. The van der Waals surface area contributed by atoms with Crippen LogP contribution in [0.3, 0.4) is 0 Å². The molecule has 0 saturated carbocycles. The Balaban J connectivity index is 1.92. The van der Waals surface area contributed by atoms with Crippen molar-refractivity contribution in [3.05, 3.63) is 57.3 Å². The lowest BCUT2D eigenvalue weighted by Gasteiger charge is -2.16. The maximum Gasteiger partial charge on any atom is 0.416 e. The van der Waals surface area contributed by atoms with Gasteiger partial charge in [0.1, 0.15) is 5.57 Å². The average Bonchev–Trinajstić information content (AvgIpc) is 3.15. The van der Waals surface area contributed by atoms with Gasteiger partial charge in [-0.15, -0.1) is 11.3 Å². The number of carbonyl (C=O) groups excluding carboxylic acids is 2. The minimum Gasteiger partial charge on any atom is -0.478 e. The van der Waals surface area contributed by atoms with Gasteiger partial charge < -0.3 is 5.11 Å². The lowest BCUT2D eigenvalue weighted by Crippen LogP contribution is -2.35. The second kappa shape index (κ2) is 6.30. The summed E-state index contributed by atoms with van der Waals surface area (Å²) in [4.78, 5) is 35.6. The number of carbonyl (C=O) groups is 3. The molecule has 0 aliphatic carbocycles. The molecule has 0 spiro atoms. The summed E-state index contributed by atoms with van der Waals surface area (Å²) in [5, 5.41) is 10.9. The molecular weight excluding hydrogens is 373 g/mol. The fourth-order valence-corrected chi connectivity index (χ4v) is 3.06. The number of halogens is 3. The molecule has 2 amide bonds. The number of nitrogens with zero attached hydrogens (tertiary/aromatic N) is 1. The van der Waals surface area contributed by atoms with Crippen LogP contribution in [0.15, 0.2) is 41.3 Å². The highest BCUT2D eigenvalue weighted by molar-refractivity contribution is 7.11. The summed E-state index contributed by atoms with van der Waals surface area (Å²) in [7, 11) is 0. The minimum absolute atomic E-state index is 0.00226. The molecule has 2 heterocycles. The number of nitrogens with one attached hydrogen (secondary N) is 1. The summed E-state index contributed by atoms with van der Waals surface area (Å²) in [6.07, 6.45) is -3.39. The molecule has 10 heteroatoms. The molecule has 2 N–H and O–H groups in total. The number of hydrogen-bond acceptors (Lipinski definition) is 4. The van der Waals surface area contributed by atoms with Crippen molar-refractivity contribution >= 4 is 40.9 Å². The van der Waals surface area contributed by atoms with Crippen LogP contribution in [0.1, 0.15) is 20.8 Å². The molecule has 1 saturated heterocycles. The van der Waals surface area contributed by atoms with Crippen molar-refractivity contribution < 1.29 is 32.7 Å². The van der Waals surface area contributed by atoms with E-state index >= 15 is 0 Å². The molecule has 1 fully saturated rings. The first-order chi connectivity index (χ1) is 12.2. The third-order valence-electron chi connectivity index (χ3n) is 3.48. The van der Waals surface area contributed by atoms with Crippen molar-refractivity contribution in [1.29, 1.82) is 0 Å². The number of benzene rings is 1. The van der Waals surface area contributed by atoms with Crippen LogP contribution < -0.4 is 10.4 Å². The molecule has 1 aromatic heterocycles. The van der Waals surface area contributed by atoms with Crippen LogP contribution in [-0.2, 0) is 15.8 Å². The fraction of sp³-hybridized carbons (Fsp3) is 0.0625. The number of carboxylic acid groups (broad SMARTS) is 1. The highest BCUT2D eigenvalue weighted by Crippen LogP contribution is 2.32. The van der Waals surface area contributed by atoms with Crippen molar-refractivity contribution in [3.63, 3.8) is 0 Å². The number of hydrazine groups is 1. The van der Waals surface area contributed by atoms with Crippen LogP contribution in [0.4, 0.5) is 18.9 Å². The highest BCUT2D eigenvalue weighted by atomic mass is 32.1. The van der Waals surface area contributed by atoms with Crippen molar-refractivity contribution in [1.82, 2.24) is 5.43 Å². The van der Waals surface area contributed by atoms with E-state index in [9.17, 15) is 27.6 Å². The van der Waals surface area contributed by atoms with Gasteiger partial charge in [0.05, 0.1) is 16.8 Å². The molecule has 0 bridgehead atoms. The summed E-state index contributed by atoms with van der Waals surface area (Å²) in [5.74, 6) is -2.78. The lowest BCUT2D eigenvalue weighted by molar-refractivity contribution is -0.137. The highest BCUT2D eigenvalue weighted by Gasteiger charge is 2.36. The van der Waals surface area contributed by atoms with E-state index in [1.807, 2.05) is 0 Å². The van der Waals surface area contributed by atoms with Gasteiger partial charge in [0.2, 0.25) is 0 Å². The number of aromatic carboxylic acids is 1. The molecule has 3 rings (SSSR count). The molecule has 6 nitrogen and oxygen atoms in total. The summed E-state index contributed by atoms with van der Waals surface area (Å²) < 4.78 is 38.4. The molecule has 1 aromatic carbocycles. The quantitative estimate of drug-likeness (QED) is 0.631. The second-order valence-electron chi connectivity index (χ2n) is 5.23. The van der Waals surface area contributed by atoms with Gasteiger partial charge in [0, 0.05) is 10.3 Å². The number of anilines is 1. The number of alkyl halides is 3. The molecule has 0 radical (unpaired) electrons. The van der Waals surface area contributed by atoms with Gasteiger partial charge in [-0.3, -0.25) is 15.0 Å². The zero-order chi connectivity index (χ0) is 19.1. The molecular formula is C16H9F3N2O4S. The molecule has 1 aliphatic heterocycles. The van der Waals surface area contributed by atoms with E-state index in [4.69, 9.17) is 5.11 Å². The maximum absolute atomic E-state index is 12.8. The Bertz CT molecular complexity index is 949. The van der Waals surface area contributed by atoms with Gasteiger partial charge >= 0.3 is 12.1 Å². The van der Waals surface area contributed by atoms with Gasteiger partial charge in [0.15, 0.2) is 0 Å². The lowest BCUT2D eigenvalue weighted by atomic mass is 10.1. The van der Waals surface area contributed by atoms with Gasteiger partial charge in [-0.1, -0.05) is 6.07 Å². The summed E-state index contributed by atoms with van der Waals surface area (Å²) >= 11 is 1.01. The van der Waals surface area contributed by atoms with Crippen molar-refractivity contribution in [2.75, 3.05) is 5.01 Å². The van der Waals surface area contributed by atoms with E-state index in [1.54, 1.807) is 0 Å². The molecule has 0 atom stereocenters. The smallest absolute Gasteiger partial charge is 0.416 e. The van der Waals surface area contributed by atoms with E-state index < -0.39 is 29.5 Å². The largest absolute Gasteiger partial charge is 0.478 e. The van der Waals surface area contributed by atoms with Crippen LogP contribution >= 0.6 is 11.3 Å². The summed E-state index contributed by atoms with van der Waals surface area (Å²) in [6, 6.07) is 5.26. The normalized spacial score (nSPS) is 16.3. The number of thiophene rings is 1. The second-order valence-corrected chi connectivity index (χ2v) is 6.17. The van der Waals surface area contributed by atoms with Gasteiger partial charge in [-0.2, -0.15) is 13.2 Å².